The molecule has 1 aromatic rings. The number of alkyl halides is 3. The van der Waals surface area contributed by atoms with Crippen molar-refractivity contribution in [3.8, 4) is 0 Å². The molecular formula is C12H11ClF3N3O3. The third-order valence-electron chi connectivity index (χ3n) is 3.07. The molecule has 0 aliphatic carbocycles. The van der Waals surface area contributed by atoms with E-state index in [1.807, 2.05) is 0 Å². The van der Waals surface area contributed by atoms with Crippen LogP contribution in [0.3, 0.4) is 0 Å². The third kappa shape index (κ3) is 3.41. The molecule has 2 rings (SSSR count). The van der Waals surface area contributed by atoms with Crippen LogP contribution in [-0.4, -0.2) is 35.5 Å². The Morgan fingerprint density at radius 2 is 2.23 bits per heavy atom. The van der Waals surface area contributed by atoms with E-state index < -0.39 is 29.5 Å². The first-order valence-corrected chi connectivity index (χ1v) is 6.47. The monoisotopic (exact) mass is 337 g/mol. The van der Waals surface area contributed by atoms with Gasteiger partial charge in [-0.25, -0.2) is 4.98 Å². The molecule has 2 heterocycles. The third-order valence-corrected chi connectivity index (χ3v) is 3.36. The van der Waals surface area contributed by atoms with Gasteiger partial charge in [0.05, 0.1) is 30.2 Å². The second kappa shape index (κ2) is 5.99. The molecular weight excluding hydrogens is 327 g/mol. The molecule has 0 bridgehead atoms. The molecule has 0 saturated carbocycles. The average Bonchev–Trinajstić information content (AvgIpc) is 2.80. The fourth-order valence-electron chi connectivity index (χ4n) is 1.94. The molecule has 1 amide bonds. The fraction of sp³-hybridized carbons (Fsp3) is 0.417. The highest BCUT2D eigenvalue weighted by atomic mass is 35.5. The summed E-state index contributed by atoms with van der Waals surface area (Å²) >= 11 is 5.73. The topological polar surface area (TPSA) is 71.5 Å². The lowest BCUT2D eigenvalue weighted by molar-refractivity contribution is -0.145. The number of rotatable bonds is 3. The number of nitrogens with one attached hydrogen (secondary N) is 1. The number of hydrogen-bond acceptors (Lipinski definition) is 5. The summed E-state index contributed by atoms with van der Waals surface area (Å²) in [5, 5.41) is 0.785. The maximum absolute atomic E-state index is 12.5. The minimum absolute atomic E-state index is 0.0184. The summed E-state index contributed by atoms with van der Waals surface area (Å²) in [6.45, 7) is 0.0184. The average molecular weight is 338 g/mol. The van der Waals surface area contributed by atoms with Crippen molar-refractivity contribution in [2.24, 2.45) is 5.92 Å². The van der Waals surface area contributed by atoms with E-state index in [2.05, 4.69) is 15.1 Å². The van der Waals surface area contributed by atoms with E-state index in [-0.39, 0.29) is 23.8 Å². The van der Waals surface area contributed by atoms with E-state index in [0.29, 0.717) is 12.3 Å². The molecule has 120 valence electrons. The van der Waals surface area contributed by atoms with Crippen molar-refractivity contribution in [2.45, 2.75) is 12.6 Å². The zero-order chi connectivity index (χ0) is 16.5. The Kier molecular flexibility index (Phi) is 4.45. The summed E-state index contributed by atoms with van der Waals surface area (Å²) in [4.78, 5) is 26.7. The van der Waals surface area contributed by atoms with Crippen molar-refractivity contribution in [1.82, 2.24) is 9.99 Å². The van der Waals surface area contributed by atoms with Crippen LogP contribution < -0.4 is 5.43 Å². The van der Waals surface area contributed by atoms with Crippen LogP contribution >= 0.6 is 11.6 Å². The van der Waals surface area contributed by atoms with E-state index >= 15 is 0 Å². The number of carbonyl (C=O) groups is 2. The zero-order valence-corrected chi connectivity index (χ0v) is 12.0. The Balaban J connectivity index is 2.11. The highest BCUT2D eigenvalue weighted by molar-refractivity contribution is 6.33. The number of hydrogen-bond donors (Lipinski definition) is 1. The normalized spacial score (nSPS) is 18.5. The van der Waals surface area contributed by atoms with Crippen molar-refractivity contribution in [1.29, 1.82) is 0 Å². The van der Waals surface area contributed by atoms with Gasteiger partial charge in [-0.1, -0.05) is 11.6 Å². The summed E-state index contributed by atoms with van der Waals surface area (Å²) in [6, 6.07) is 0.704. The summed E-state index contributed by atoms with van der Waals surface area (Å²) in [7, 11) is 1.21. The Morgan fingerprint density at radius 3 is 2.77 bits per heavy atom. The maximum atomic E-state index is 12.5. The van der Waals surface area contributed by atoms with Crippen LogP contribution in [0, 0.1) is 5.92 Å². The van der Waals surface area contributed by atoms with Gasteiger partial charge in [0.2, 0.25) is 5.91 Å². The van der Waals surface area contributed by atoms with Crippen LogP contribution in [0.15, 0.2) is 12.3 Å². The molecule has 0 spiro atoms. The first-order valence-electron chi connectivity index (χ1n) is 6.10. The van der Waals surface area contributed by atoms with Gasteiger partial charge in [0.15, 0.2) is 5.82 Å². The number of amides is 1. The van der Waals surface area contributed by atoms with E-state index in [1.54, 1.807) is 0 Å². The predicted molar refractivity (Wildman–Crippen MR) is 69.7 cm³/mol. The van der Waals surface area contributed by atoms with Crippen molar-refractivity contribution >= 4 is 29.3 Å². The Hall–Kier alpha value is -2.03. The highest BCUT2D eigenvalue weighted by Gasteiger charge is 2.36. The fourth-order valence-corrected chi connectivity index (χ4v) is 2.15. The molecule has 22 heavy (non-hydrogen) atoms. The molecule has 1 aromatic heterocycles. The Bertz CT molecular complexity index is 609. The predicted octanol–water partition coefficient (Wildman–Crippen LogP) is 2.10. The first-order chi connectivity index (χ1) is 10.2. The van der Waals surface area contributed by atoms with E-state index in [9.17, 15) is 22.8 Å². The molecule has 1 atom stereocenters. The van der Waals surface area contributed by atoms with E-state index in [1.165, 1.54) is 7.11 Å². The van der Waals surface area contributed by atoms with Gasteiger partial charge in [-0.15, -0.1) is 0 Å². The van der Waals surface area contributed by atoms with Gasteiger partial charge in [-0.2, -0.15) is 13.2 Å². The lowest BCUT2D eigenvalue weighted by Gasteiger charge is -2.19. The summed E-state index contributed by atoms with van der Waals surface area (Å²) in [6.07, 6.45) is -4.01. The van der Waals surface area contributed by atoms with Gasteiger partial charge in [0.25, 0.3) is 0 Å². The molecule has 0 unspecified atom stereocenters. The van der Waals surface area contributed by atoms with Gasteiger partial charge >= 0.3 is 12.1 Å². The van der Waals surface area contributed by atoms with Crippen LogP contribution in [0.4, 0.5) is 19.0 Å². The number of aromatic nitrogens is 1. The second-order valence-corrected chi connectivity index (χ2v) is 5.00. The number of pyridine rings is 1. The van der Waals surface area contributed by atoms with Gasteiger partial charge in [-0.3, -0.25) is 20.0 Å². The first kappa shape index (κ1) is 16.3. The number of nitrogens with zero attached hydrogens (tertiary/aromatic N) is 2. The van der Waals surface area contributed by atoms with Crippen molar-refractivity contribution in [3.63, 3.8) is 0 Å². The molecule has 1 N–H and O–H groups in total. The number of halogens is 4. The SMILES string of the molecule is COC(=O)[C@H]1CC(=O)N(Nc2ncc(C(F)(F)F)cc2Cl)C1. The minimum Gasteiger partial charge on any atom is -0.469 e. The standard InChI is InChI=1S/C12H11ClF3N3O3/c1-22-11(21)6-2-9(20)19(5-6)18-10-8(13)3-7(4-17-10)12(14,15)16/h3-4,6H,2,5H2,1H3,(H,17,18)/t6-/m0/s1. The van der Waals surface area contributed by atoms with Crippen molar-refractivity contribution < 1.29 is 27.5 Å². The van der Waals surface area contributed by atoms with Crippen LogP contribution in [0.1, 0.15) is 12.0 Å². The minimum atomic E-state index is -4.56. The summed E-state index contributed by atoms with van der Waals surface area (Å²) in [5.41, 5.74) is 1.52. The smallest absolute Gasteiger partial charge is 0.417 e. The Labute approximate surface area is 128 Å². The molecule has 10 heteroatoms. The number of ether oxygens (including phenoxy) is 1. The summed E-state index contributed by atoms with van der Waals surface area (Å²) in [5.74, 6) is -1.69. The van der Waals surface area contributed by atoms with Crippen molar-refractivity contribution in [3.05, 3.63) is 22.8 Å². The van der Waals surface area contributed by atoms with Crippen LogP contribution in [0.5, 0.6) is 0 Å². The van der Waals surface area contributed by atoms with Gasteiger partial charge in [-0.05, 0) is 6.07 Å². The van der Waals surface area contributed by atoms with Crippen molar-refractivity contribution in [2.75, 3.05) is 19.1 Å². The molecule has 6 nitrogen and oxygen atoms in total. The van der Waals surface area contributed by atoms with Gasteiger partial charge in [0, 0.05) is 12.6 Å². The molecule has 1 saturated heterocycles. The van der Waals surface area contributed by atoms with Gasteiger partial charge < -0.3 is 4.74 Å². The molecule has 0 radical (unpaired) electrons. The summed E-state index contributed by atoms with van der Waals surface area (Å²) < 4.78 is 42.1. The van der Waals surface area contributed by atoms with Crippen LogP contribution in [-0.2, 0) is 20.5 Å². The Morgan fingerprint density at radius 1 is 1.55 bits per heavy atom. The highest BCUT2D eigenvalue weighted by Crippen LogP contribution is 2.32. The van der Waals surface area contributed by atoms with E-state index in [4.69, 9.17) is 11.6 Å². The number of carbonyl (C=O) groups excluding carboxylic acids is 2. The second-order valence-electron chi connectivity index (χ2n) is 4.59. The maximum Gasteiger partial charge on any atom is 0.417 e. The molecule has 1 fully saturated rings. The van der Waals surface area contributed by atoms with Crippen LogP contribution in [0.2, 0.25) is 5.02 Å². The number of anilines is 1. The van der Waals surface area contributed by atoms with E-state index in [0.717, 1.165) is 5.01 Å². The number of esters is 1. The molecule has 1 aliphatic heterocycles. The quantitative estimate of drug-likeness (QED) is 0.855. The zero-order valence-electron chi connectivity index (χ0n) is 11.3. The molecule has 0 aromatic carbocycles. The van der Waals surface area contributed by atoms with Crippen LogP contribution in [0.25, 0.3) is 0 Å². The lowest BCUT2D eigenvalue weighted by atomic mass is 10.1. The van der Waals surface area contributed by atoms with Gasteiger partial charge in [0.1, 0.15) is 0 Å². The largest absolute Gasteiger partial charge is 0.469 e. The molecule has 1 aliphatic rings. The number of hydrazine groups is 1. The number of methoxy groups -OCH3 is 1. The lowest BCUT2D eigenvalue weighted by Crippen LogP contribution is -2.32.